The van der Waals surface area contributed by atoms with Gasteiger partial charge in [-0.3, -0.25) is 4.90 Å². The Morgan fingerprint density at radius 2 is 1.42 bits per heavy atom. The first-order valence-electron chi connectivity index (χ1n) is 8.70. The molecule has 1 aliphatic heterocycles. The molecule has 2 aromatic rings. The number of anilines is 1. The van der Waals surface area contributed by atoms with Crippen LogP contribution in [0.3, 0.4) is 0 Å². The van der Waals surface area contributed by atoms with Crippen LogP contribution in [-0.2, 0) is 6.54 Å². The van der Waals surface area contributed by atoms with Crippen LogP contribution in [0.5, 0.6) is 23.0 Å². The van der Waals surface area contributed by atoms with Crippen molar-refractivity contribution in [1.29, 1.82) is 0 Å². The van der Waals surface area contributed by atoms with E-state index < -0.39 is 0 Å². The Bertz CT molecular complexity index is 700. The van der Waals surface area contributed by atoms with Gasteiger partial charge in [0.15, 0.2) is 11.5 Å². The minimum Gasteiger partial charge on any atom is -0.508 e. The first-order chi connectivity index (χ1) is 12.6. The number of nitrogens with zero attached hydrogens (tertiary/aromatic N) is 2. The second-order valence-electron chi connectivity index (χ2n) is 6.31. The lowest BCUT2D eigenvalue weighted by Crippen LogP contribution is -2.45. The van der Waals surface area contributed by atoms with Gasteiger partial charge in [0.1, 0.15) is 5.75 Å². The van der Waals surface area contributed by atoms with Gasteiger partial charge >= 0.3 is 0 Å². The predicted molar refractivity (Wildman–Crippen MR) is 102 cm³/mol. The fourth-order valence-electron chi connectivity index (χ4n) is 3.31. The molecule has 2 aromatic carbocycles. The Kier molecular flexibility index (Phi) is 5.73. The van der Waals surface area contributed by atoms with E-state index in [1.807, 2.05) is 24.3 Å². The molecule has 0 saturated carbocycles. The molecule has 0 spiro atoms. The number of phenols is 1. The molecule has 6 heteroatoms. The maximum atomic E-state index is 9.43. The summed E-state index contributed by atoms with van der Waals surface area (Å²) in [5, 5.41) is 9.43. The van der Waals surface area contributed by atoms with Crippen LogP contribution in [0.2, 0.25) is 0 Å². The third-order valence-corrected chi connectivity index (χ3v) is 4.72. The van der Waals surface area contributed by atoms with Crippen molar-refractivity contribution < 1.29 is 19.3 Å². The third kappa shape index (κ3) is 3.96. The maximum Gasteiger partial charge on any atom is 0.203 e. The van der Waals surface area contributed by atoms with Gasteiger partial charge < -0.3 is 24.2 Å². The second kappa shape index (κ2) is 8.19. The van der Waals surface area contributed by atoms with Crippen LogP contribution >= 0.6 is 0 Å². The molecule has 0 bridgehead atoms. The molecule has 140 valence electrons. The second-order valence-corrected chi connectivity index (χ2v) is 6.31. The number of methoxy groups -OCH3 is 3. The molecule has 6 nitrogen and oxygen atoms in total. The molecule has 1 saturated heterocycles. The minimum atomic E-state index is 0.301. The fourth-order valence-corrected chi connectivity index (χ4v) is 3.31. The van der Waals surface area contributed by atoms with Gasteiger partial charge in [-0.2, -0.15) is 0 Å². The average Bonchev–Trinajstić information content (AvgIpc) is 2.68. The van der Waals surface area contributed by atoms with Gasteiger partial charge in [-0.1, -0.05) is 0 Å². The van der Waals surface area contributed by atoms with Gasteiger partial charge in [0.05, 0.1) is 21.3 Å². The van der Waals surface area contributed by atoms with Gasteiger partial charge in [0.2, 0.25) is 5.75 Å². The first kappa shape index (κ1) is 18.2. The lowest BCUT2D eigenvalue weighted by molar-refractivity contribution is 0.248. The number of hydrogen-bond donors (Lipinski definition) is 1. The Balaban J connectivity index is 1.65. The van der Waals surface area contributed by atoms with Crippen molar-refractivity contribution in [2.45, 2.75) is 6.54 Å². The number of rotatable bonds is 6. The Hall–Kier alpha value is -2.60. The van der Waals surface area contributed by atoms with Gasteiger partial charge in [0.25, 0.3) is 0 Å². The van der Waals surface area contributed by atoms with Crippen LogP contribution < -0.4 is 19.1 Å². The number of ether oxygens (including phenoxy) is 3. The van der Waals surface area contributed by atoms with Crippen molar-refractivity contribution in [2.24, 2.45) is 0 Å². The Labute approximate surface area is 154 Å². The summed E-state index contributed by atoms with van der Waals surface area (Å²) in [6, 6.07) is 11.4. The van der Waals surface area contributed by atoms with E-state index in [0.717, 1.165) is 44.0 Å². The fraction of sp³-hybridized carbons (Fsp3) is 0.400. The number of hydrogen-bond acceptors (Lipinski definition) is 6. The molecule has 1 aliphatic rings. The van der Waals surface area contributed by atoms with E-state index >= 15 is 0 Å². The first-order valence-corrected chi connectivity index (χ1v) is 8.70. The van der Waals surface area contributed by atoms with E-state index in [1.165, 1.54) is 0 Å². The van der Waals surface area contributed by atoms with E-state index in [1.54, 1.807) is 33.5 Å². The number of aromatic hydroxyl groups is 1. The molecular formula is C20H26N2O4. The monoisotopic (exact) mass is 358 g/mol. The normalized spacial score (nSPS) is 15.0. The van der Waals surface area contributed by atoms with Gasteiger partial charge in [-0.05, 0) is 42.0 Å². The molecule has 1 fully saturated rings. The van der Waals surface area contributed by atoms with Crippen molar-refractivity contribution >= 4 is 5.69 Å². The summed E-state index contributed by atoms with van der Waals surface area (Å²) in [5.74, 6) is 2.29. The zero-order valence-corrected chi connectivity index (χ0v) is 15.6. The molecule has 1 N–H and O–H groups in total. The molecule has 0 atom stereocenters. The highest BCUT2D eigenvalue weighted by molar-refractivity contribution is 5.54. The molecule has 3 rings (SSSR count). The number of benzene rings is 2. The van der Waals surface area contributed by atoms with E-state index in [4.69, 9.17) is 14.2 Å². The average molecular weight is 358 g/mol. The van der Waals surface area contributed by atoms with Crippen molar-refractivity contribution in [3.05, 3.63) is 42.0 Å². The molecule has 0 aromatic heterocycles. The van der Waals surface area contributed by atoms with E-state index in [-0.39, 0.29) is 0 Å². The summed E-state index contributed by atoms with van der Waals surface area (Å²) in [6.45, 7) is 4.68. The topological polar surface area (TPSA) is 54.4 Å². The van der Waals surface area contributed by atoms with Gasteiger partial charge in [-0.25, -0.2) is 0 Å². The minimum absolute atomic E-state index is 0.301. The Morgan fingerprint density at radius 1 is 0.846 bits per heavy atom. The quantitative estimate of drug-likeness (QED) is 0.857. The molecule has 0 amide bonds. The summed E-state index contributed by atoms with van der Waals surface area (Å²) in [4.78, 5) is 4.75. The van der Waals surface area contributed by atoms with Crippen LogP contribution in [0.25, 0.3) is 0 Å². The molecule has 0 radical (unpaired) electrons. The van der Waals surface area contributed by atoms with Crippen LogP contribution in [0.4, 0.5) is 5.69 Å². The van der Waals surface area contributed by atoms with Crippen LogP contribution in [0.15, 0.2) is 36.4 Å². The van der Waals surface area contributed by atoms with Crippen molar-refractivity contribution in [1.82, 2.24) is 4.90 Å². The van der Waals surface area contributed by atoms with E-state index in [0.29, 0.717) is 23.0 Å². The smallest absolute Gasteiger partial charge is 0.203 e. The lowest BCUT2D eigenvalue weighted by atomic mass is 10.1. The third-order valence-electron chi connectivity index (χ3n) is 4.72. The summed E-state index contributed by atoms with van der Waals surface area (Å²) >= 11 is 0. The SMILES string of the molecule is COc1cc(CN2CCN(c3ccc(O)cc3)CC2)cc(OC)c1OC. The number of piperazine rings is 1. The lowest BCUT2D eigenvalue weighted by Gasteiger charge is -2.36. The summed E-state index contributed by atoms with van der Waals surface area (Å²) in [6.07, 6.45) is 0. The van der Waals surface area contributed by atoms with Crippen molar-refractivity contribution in [2.75, 3.05) is 52.4 Å². The van der Waals surface area contributed by atoms with Gasteiger partial charge in [-0.15, -0.1) is 0 Å². The molecule has 26 heavy (non-hydrogen) atoms. The van der Waals surface area contributed by atoms with Crippen LogP contribution in [-0.4, -0.2) is 57.5 Å². The largest absolute Gasteiger partial charge is 0.508 e. The highest BCUT2D eigenvalue weighted by Gasteiger charge is 2.19. The molecule has 1 heterocycles. The van der Waals surface area contributed by atoms with Crippen LogP contribution in [0, 0.1) is 0 Å². The maximum absolute atomic E-state index is 9.43. The summed E-state index contributed by atoms with van der Waals surface area (Å²) < 4.78 is 16.3. The highest BCUT2D eigenvalue weighted by atomic mass is 16.5. The standard InChI is InChI=1S/C20H26N2O4/c1-24-18-12-15(13-19(25-2)20(18)26-3)14-21-8-10-22(11-9-21)16-4-6-17(23)7-5-16/h4-7,12-13,23H,8-11,14H2,1-3H3. The van der Waals surface area contributed by atoms with Crippen molar-refractivity contribution in [3.8, 4) is 23.0 Å². The van der Waals surface area contributed by atoms with E-state index in [9.17, 15) is 5.11 Å². The summed E-state index contributed by atoms with van der Waals surface area (Å²) in [5.41, 5.74) is 2.29. The highest BCUT2D eigenvalue weighted by Crippen LogP contribution is 2.38. The van der Waals surface area contributed by atoms with Gasteiger partial charge in [0, 0.05) is 38.4 Å². The number of phenolic OH excluding ortho intramolecular Hbond substituents is 1. The van der Waals surface area contributed by atoms with E-state index in [2.05, 4.69) is 9.80 Å². The Morgan fingerprint density at radius 3 is 1.92 bits per heavy atom. The zero-order valence-electron chi connectivity index (χ0n) is 15.6. The van der Waals surface area contributed by atoms with Crippen molar-refractivity contribution in [3.63, 3.8) is 0 Å². The predicted octanol–water partition coefficient (Wildman–Crippen LogP) is 2.74. The van der Waals surface area contributed by atoms with Crippen LogP contribution in [0.1, 0.15) is 5.56 Å². The molecular weight excluding hydrogens is 332 g/mol. The summed E-state index contributed by atoms with van der Waals surface area (Å²) in [7, 11) is 4.89. The molecule has 0 unspecified atom stereocenters. The molecule has 0 aliphatic carbocycles. The zero-order chi connectivity index (χ0) is 18.5.